The normalized spacial score (nSPS) is 21.7. The van der Waals surface area contributed by atoms with Gasteiger partial charge in [-0.05, 0) is 11.4 Å². The van der Waals surface area contributed by atoms with Crippen molar-refractivity contribution >= 4 is 40.4 Å². The van der Waals surface area contributed by atoms with Gasteiger partial charge in [0.2, 0.25) is 0 Å². The summed E-state index contributed by atoms with van der Waals surface area (Å²) >= 11 is 12.8. The molecule has 1 aliphatic heterocycles. The summed E-state index contributed by atoms with van der Waals surface area (Å²) in [5, 5.41) is 11.4. The lowest BCUT2D eigenvalue weighted by Crippen LogP contribution is -2.33. The summed E-state index contributed by atoms with van der Waals surface area (Å²) in [6.45, 7) is 0.324. The maximum Gasteiger partial charge on any atom is 0.269 e. The zero-order valence-corrected chi connectivity index (χ0v) is 9.81. The quantitative estimate of drug-likeness (QED) is 0.888. The molecule has 6 heteroatoms. The van der Waals surface area contributed by atoms with Gasteiger partial charge in [-0.25, -0.2) is 0 Å². The van der Waals surface area contributed by atoms with E-state index in [4.69, 9.17) is 23.2 Å². The summed E-state index contributed by atoms with van der Waals surface area (Å²) in [6, 6.07) is 3.76. The van der Waals surface area contributed by atoms with Crippen molar-refractivity contribution in [2.75, 3.05) is 0 Å². The number of aliphatic hydroxyl groups excluding tert-OH is 1. The number of nitrogens with zero attached hydrogens (tertiary/aromatic N) is 1. The molecular weight excluding hydrogens is 257 g/mol. The van der Waals surface area contributed by atoms with E-state index >= 15 is 0 Å². The zero-order chi connectivity index (χ0) is 11.0. The number of amides is 1. The molecule has 15 heavy (non-hydrogen) atoms. The van der Waals surface area contributed by atoms with E-state index in [9.17, 15) is 9.90 Å². The Bertz CT molecular complexity index is 416. The first-order chi connectivity index (χ1) is 7.11. The first kappa shape index (κ1) is 11.0. The molecule has 0 spiro atoms. The molecule has 0 radical (unpaired) electrons. The minimum absolute atomic E-state index is 0.00165. The van der Waals surface area contributed by atoms with Crippen LogP contribution < -0.4 is 0 Å². The molecule has 2 rings (SSSR count). The van der Waals surface area contributed by atoms with Gasteiger partial charge in [-0.15, -0.1) is 11.3 Å². The van der Waals surface area contributed by atoms with Crippen LogP contribution >= 0.6 is 34.5 Å². The van der Waals surface area contributed by atoms with Gasteiger partial charge in [0.05, 0.1) is 11.6 Å². The summed E-state index contributed by atoms with van der Waals surface area (Å²) in [6.07, 6.45) is -1.12. The van der Waals surface area contributed by atoms with Crippen LogP contribution in [0.15, 0.2) is 27.6 Å². The number of aliphatic hydroxyl groups is 1. The average Bonchev–Trinajstić information content (AvgIpc) is 2.79. The molecular formula is C9H7Cl2NO2S. The van der Waals surface area contributed by atoms with E-state index in [-0.39, 0.29) is 10.1 Å². The van der Waals surface area contributed by atoms with Gasteiger partial charge >= 0.3 is 0 Å². The maximum absolute atomic E-state index is 11.5. The highest BCUT2D eigenvalue weighted by molar-refractivity contribution is 7.09. The molecule has 0 saturated heterocycles. The summed E-state index contributed by atoms with van der Waals surface area (Å²) < 4.78 is 0. The lowest BCUT2D eigenvalue weighted by atomic mass is 10.4. The summed E-state index contributed by atoms with van der Waals surface area (Å²) in [5.74, 6) is -0.428. The highest BCUT2D eigenvalue weighted by Crippen LogP contribution is 2.31. The van der Waals surface area contributed by atoms with Crippen molar-refractivity contribution in [2.24, 2.45) is 0 Å². The first-order valence-electron chi connectivity index (χ1n) is 4.18. The molecule has 1 unspecified atom stereocenters. The molecule has 0 bridgehead atoms. The number of halogens is 2. The van der Waals surface area contributed by atoms with Crippen molar-refractivity contribution in [1.29, 1.82) is 0 Å². The van der Waals surface area contributed by atoms with Gasteiger partial charge < -0.3 is 10.0 Å². The molecule has 3 nitrogen and oxygen atoms in total. The van der Waals surface area contributed by atoms with Gasteiger partial charge in [0.1, 0.15) is 5.03 Å². The van der Waals surface area contributed by atoms with Crippen LogP contribution in [0.4, 0.5) is 0 Å². The minimum Gasteiger partial charge on any atom is -0.368 e. The Morgan fingerprint density at radius 2 is 2.27 bits per heavy atom. The van der Waals surface area contributed by atoms with Crippen molar-refractivity contribution in [1.82, 2.24) is 4.90 Å². The molecule has 0 saturated carbocycles. The number of rotatable bonds is 2. The second-order valence-electron chi connectivity index (χ2n) is 3.05. The largest absolute Gasteiger partial charge is 0.368 e. The highest BCUT2D eigenvalue weighted by atomic mass is 35.5. The van der Waals surface area contributed by atoms with Crippen LogP contribution in [-0.2, 0) is 11.3 Å². The van der Waals surface area contributed by atoms with Crippen molar-refractivity contribution < 1.29 is 9.90 Å². The van der Waals surface area contributed by atoms with Crippen LogP contribution in [0.5, 0.6) is 0 Å². The molecule has 0 fully saturated rings. The van der Waals surface area contributed by atoms with Crippen LogP contribution in [0.3, 0.4) is 0 Å². The Kier molecular flexibility index (Phi) is 3.02. The molecule has 1 aliphatic rings. The van der Waals surface area contributed by atoms with E-state index in [1.54, 1.807) is 0 Å². The summed E-state index contributed by atoms with van der Waals surface area (Å²) in [4.78, 5) is 13.8. The molecule has 1 aromatic heterocycles. The molecule has 0 aliphatic carbocycles. The monoisotopic (exact) mass is 263 g/mol. The predicted molar refractivity (Wildman–Crippen MR) is 59.6 cm³/mol. The molecule has 1 N–H and O–H groups in total. The van der Waals surface area contributed by atoms with E-state index in [0.717, 1.165) is 4.88 Å². The Labute approximate surface area is 101 Å². The lowest BCUT2D eigenvalue weighted by Gasteiger charge is -2.19. The molecule has 1 aromatic rings. The smallest absolute Gasteiger partial charge is 0.269 e. The van der Waals surface area contributed by atoms with Gasteiger partial charge in [-0.3, -0.25) is 4.79 Å². The van der Waals surface area contributed by atoms with Gasteiger partial charge in [-0.2, -0.15) is 0 Å². The van der Waals surface area contributed by atoms with Crippen molar-refractivity contribution in [3.8, 4) is 0 Å². The molecule has 2 heterocycles. The SMILES string of the molecule is O=C1C(Cl)=C(Cl)C(O)N1Cc1cccs1. The predicted octanol–water partition coefficient (Wildman–Crippen LogP) is 2.10. The molecule has 80 valence electrons. The summed E-state index contributed by atoms with van der Waals surface area (Å²) in [5.41, 5.74) is 0. The number of carbonyl (C=O) groups excluding carboxylic acids is 1. The van der Waals surface area contributed by atoms with Crippen molar-refractivity contribution in [3.63, 3.8) is 0 Å². The molecule has 1 atom stereocenters. The first-order valence-corrected chi connectivity index (χ1v) is 5.81. The third-order valence-corrected chi connectivity index (χ3v) is 3.79. The fourth-order valence-corrected chi connectivity index (χ4v) is 2.43. The van der Waals surface area contributed by atoms with Gasteiger partial charge in [0, 0.05) is 4.88 Å². The lowest BCUT2D eigenvalue weighted by molar-refractivity contribution is -0.131. The second kappa shape index (κ2) is 4.14. The van der Waals surface area contributed by atoms with Crippen molar-refractivity contribution in [2.45, 2.75) is 12.8 Å². The van der Waals surface area contributed by atoms with E-state index < -0.39 is 12.1 Å². The van der Waals surface area contributed by atoms with Gasteiger partial charge in [0.15, 0.2) is 6.23 Å². The minimum atomic E-state index is -1.12. The van der Waals surface area contributed by atoms with Crippen LogP contribution in [0.2, 0.25) is 0 Å². The Morgan fingerprint density at radius 1 is 1.53 bits per heavy atom. The van der Waals surface area contributed by atoms with Gasteiger partial charge in [-0.1, -0.05) is 29.3 Å². The number of thiophene rings is 1. The molecule has 0 aromatic carbocycles. The Morgan fingerprint density at radius 3 is 2.73 bits per heavy atom. The second-order valence-corrected chi connectivity index (χ2v) is 4.87. The van der Waals surface area contributed by atoms with Crippen LogP contribution in [0.25, 0.3) is 0 Å². The van der Waals surface area contributed by atoms with E-state index in [2.05, 4.69) is 0 Å². The number of hydrogen-bond acceptors (Lipinski definition) is 3. The number of hydrogen-bond donors (Lipinski definition) is 1. The highest BCUT2D eigenvalue weighted by Gasteiger charge is 2.36. The van der Waals surface area contributed by atoms with Crippen LogP contribution in [-0.4, -0.2) is 22.1 Å². The van der Waals surface area contributed by atoms with Crippen molar-refractivity contribution in [3.05, 3.63) is 32.5 Å². The van der Waals surface area contributed by atoms with Gasteiger partial charge in [0.25, 0.3) is 5.91 Å². The maximum atomic E-state index is 11.5. The van der Waals surface area contributed by atoms with E-state index in [1.807, 2.05) is 17.5 Å². The number of carbonyl (C=O) groups is 1. The Hall–Kier alpha value is -0.550. The third-order valence-electron chi connectivity index (χ3n) is 2.09. The average molecular weight is 264 g/mol. The standard InChI is InChI=1S/C9H7Cl2NO2S/c10-6-7(11)9(14)12(8(6)13)4-5-2-1-3-15-5/h1-3,8,13H,4H2. The molecule has 1 amide bonds. The Balaban J connectivity index is 2.17. The third kappa shape index (κ3) is 1.90. The topological polar surface area (TPSA) is 40.5 Å². The summed E-state index contributed by atoms with van der Waals surface area (Å²) in [7, 11) is 0. The fraction of sp³-hybridized carbons (Fsp3) is 0.222. The van der Waals surface area contributed by atoms with E-state index in [0.29, 0.717) is 6.54 Å². The zero-order valence-electron chi connectivity index (χ0n) is 7.48. The van der Waals surface area contributed by atoms with Crippen LogP contribution in [0, 0.1) is 0 Å². The van der Waals surface area contributed by atoms with Crippen LogP contribution in [0.1, 0.15) is 4.88 Å². The fourth-order valence-electron chi connectivity index (χ4n) is 1.32. The van der Waals surface area contributed by atoms with E-state index in [1.165, 1.54) is 16.2 Å².